The Labute approximate surface area is 124 Å². The third-order valence-electron chi connectivity index (χ3n) is 3.60. The van der Waals surface area contributed by atoms with Gasteiger partial charge in [0, 0.05) is 18.7 Å². The van der Waals surface area contributed by atoms with E-state index in [4.69, 9.17) is 10.9 Å². The van der Waals surface area contributed by atoms with Crippen molar-refractivity contribution >= 4 is 21.7 Å². The molecule has 0 radical (unpaired) electrons. The van der Waals surface area contributed by atoms with Crippen molar-refractivity contribution in [2.75, 3.05) is 17.8 Å². The van der Waals surface area contributed by atoms with Crippen LogP contribution >= 0.6 is 0 Å². The molecule has 0 aromatic heterocycles. The zero-order chi connectivity index (χ0) is 15.5. The van der Waals surface area contributed by atoms with Crippen LogP contribution in [0.4, 0.5) is 5.69 Å². The molecule has 1 aromatic carbocycles. The largest absolute Gasteiger partial charge is 0.409 e. The minimum atomic E-state index is -3.57. The molecule has 2 rings (SSSR count). The average molecular weight is 312 g/mol. The summed E-state index contributed by atoms with van der Waals surface area (Å²) in [6.45, 7) is 3.17. The van der Waals surface area contributed by atoms with Crippen LogP contribution in [0.3, 0.4) is 0 Å². The van der Waals surface area contributed by atoms with E-state index in [0.29, 0.717) is 30.3 Å². The zero-order valence-corrected chi connectivity index (χ0v) is 12.7. The zero-order valence-electron chi connectivity index (χ0n) is 11.9. The van der Waals surface area contributed by atoms with Gasteiger partial charge in [0.05, 0.1) is 5.69 Å². The summed E-state index contributed by atoms with van der Waals surface area (Å²) in [5, 5.41) is 11.6. The molecule has 0 amide bonds. The van der Waals surface area contributed by atoms with Gasteiger partial charge in [0.1, 0.15) is 0 Å². The van der Waals surface area contributed by atoms with E-state index in [1.807, 2.05) is 0 Å². The van der Waals surface area contributed by atoms with Crippen molar-refractivity contribution in [3.8, 4) is 0 Å². The molecule has 21 heavy (non-hydrogen) atoms. The minimum absolute atomic E-state index is 0.0668. The van der Waals surface area contributed by atoms with Gasteiger partial charge in [0.15, 0.2) is 5.84 Å². The van der Waals surface area contributed by atoms with E-state index in [-0.39, 0.29) is 5.84 Å². The lowest BCUT2D eigenvalue weighted by Gasteiger charge is -2.29. The van der Waals surface area contributed by atoms with Crippen LogP contribution in [0.5, 0.6) is 0 Å². The highest BCUT2D eigenvalue weighted by atomic mass is 32.2. The molecule has 0 bridgehead atoms. The fourth-order valence-corrected chi connectivity index (χ4v) is 3.48. The van der Waals surface area contributed by atoms with Gasteiger partial charge in [-0.3, -0.25) is 4.72 Å². The van der Waals surface area contributed by atoms with Gasteiger partial charge in [-0.05, 0) is 30.9 Å². The summed E-state index contributed by atoms with van der Waals surface area (Å²) in [6.07, 6.45) is 1.73. The predicted molar refractivity (Wildman–Crippen MR) is 81.5 cm³/mol. The van der Waals surface area contributed by atoms with Gasteiger partial charge >= 0.3 is 10.2 Å². The summed E-state index contributed by atoms with van der Waals surface area (Å²) in [5.74, 6) is 0.489. The van der Waals surface area contributed by atoms with Gasteiger partial charge in [0.25, 0.3) is 0 Å². The van der Waals surface area contributed by atoms with E-state index in [0.717, 1.165) is 12.8 Å². The van der Waals surface area contributed by atoms with Crippen LogP contribution in [0.25, 0.3) is 0 Å². The molecule has 0 unspecified atom stereocenters. The Hall–Kier alpha value is -1.80. The smallest absolute Gasteiger partial charge is 0.301 e. The Kier molecular flexibility index (Phi) is 4.69. The van der Waals surface area contributed by atoms with E-state index in [1.54, 1.807) is 18.2 Å². The van der Waals surface area contributed by atoms with E-state index < -0.39 is 10.2 Å². The summed E-state index contributed by atoms with van der Waals surface area (Å²) >= 11 is 0. The number of nitrogens with two attached hydrogens (primary N) is 1. The van der Waals surface area contributed by atoms with Crippen LogP contribution in [-0.4, -0.2) is 36.9 Å². The quantitative estimate of drug-likeness (QED) is 0.335. The lowest BCUT2D eigenvalue weighted by atomic mass is 10.0. The molecule has 116 valence electrons. The van der Waals surface area contributed by atoms with Crippen LogP contribution in [-0.2, 0) is 10.2 Å². The van der Waals surface area contributed by atoms with E-state index in [2.05, 4.69) is 16.8 Å². The molecule has 4 N–H and O–H groups in total. The second kappa shape index (κ2) is 6.31. The topological polar surface area (TPSA) is 108 Å². The van der Waals surface area contributed by atoms with Crippen LogP contribution in [0.15, 0.2) is 29.4 Å². The molecular formula is C13H20N4O3S. The standard InChI is InChI=1S/C13H20N4O3S/c1-10-5-7-17(8-6-10)21(19,20)16-12-4-2-3-11(9-12)13(14)15-18/h2-4,9-10,16,18H,5-8H2,1H3,(H2,14,15). The summed E-state index contributed by atoms with van der Waals surface area (Å²) in [5.41, 5.74) is 6.33. The number of piperidine rings is 1. The molecule has 7 nitrogen and oxygen atoms in total. The highest BCUT2D eigenvalue weighted by molar-refractivity contribution is 7.90. The maximum Gasteiger partial charge on any atom is 0.301 e. The van der Waals surface area contributed by atoms with Gasteiger partial charge in [-0.25, -0.2) is 0 Å². The third kappa shape index (κ3) is 3.85. The highest BCUT2D eigenvalue weighted by Crippen LogP contribution is 2.20. The number of nitrogens with zero attached hydrogens (tertiary/aromatic N) is 2. The van der Waals surface area contributed by atoms with Crippen LogP contribution in [0.2, 0.25) is 0 Å². The van der Waals surface area contributed by atoms with Crippen LogP contribution in [0.1, 0.15) is 25.3 Å². The molecule has 1 aliphatic heterocycles. The molecule has 1 fully saturated rings. The number of hydrogen-bond acceptors (Lipinski definition) is 4. The van der Waals surface area contributed by atoms with Crippen molar-refractivity contribution < 1.29 is 13.6 Å². The molecule has 0 saturated carbocycles. The first-order valence-electron chi connectivity index (χ1n) is 6.78. The second-order valence-electron chi connectivity index (χ2n) is 5.25. The SMILES string of the molecule is CC1CCN(S(=O)(=O)Nc2cccc(/C(N)=N/O)c2)CC1. The van der Waals surface area contributed by atoms with Gasteiger partial charge in [-0.1, -0.05) is 24.2 Å². The third-order valence-corrected chi connectivity index (χ3v) is 5.13. The lowest BCUT2D eigenvalue weighted by molar-refractivity contribution is 0.289. The van der Waals surface area contributed by atoms with E-state index >= 15 is 0 Å². The van der Waals surface area contributed by atoms with Crippen molar-refractivity contribution in [3.63, 3.8) is 0 Å². The molecule has 0 spiro atoms. The number of amidine groups is 1. The molecular weight excluding hydrogens is 292 g/mol. The predicted octanol–water partition coefficient (Wildman–Crippen LogP) is 1.17. The number of rotatable bonds is 4. The van der Waals surface area contributed by atoms with Gasteiger partial charge in [0.2, 0.25) is 0 Å². The summed E-state index contributed by atoms with van der Waals surface area (Å²) in [7, 11) is -3.57. The van der Waals surface area contributed by atoms with Crippen molar-refractivity contribution in [2.24, 2.45) is 16.8 Å². The first-order valence-corrected chi connectivity index (χ1v) is 8.22. The minimum Gasteiger partial charge on any atom is -0.409 e. The first-order chi connectivity index (χ1) is 9.92. The first kappa shape index (κ1) is 15.6. The van der Waals surface area contributed by atoms with Crippen molar-refractivity contribution in [2.45, 2.75) is 19.8 Å². The van der Waals surface area contributed by atoms with Crippen LogP contribution in [0, 0.1) is 5.92 Å². The molecule has 1 heterocycles. The van der Waals surface area contributed by atoms with Gasteiger partial charge in [-0.15, -0.1) is 0 Å². The number of nitrogens with one attached hydrogen (secondary N) is 1. The average Bonchev–Trinajstić information content (AvgIpc) is 2.46. The Morgan fingerprint density at radius 3 is 2.71 bits per heavy atom. The highest BCUT2D eigenvalue weighted by Gasteiger charge is 2.26. The molecule has 0 aliphatic carbocycles. The normalized spacial score (nSPS) is 18.6. The molecule has 1 saturated heterocycles. The van der Waals surface area contributed by atoms with Crippen molar-refractivity contribution in [1.29, 1.82) is 0 Å². The van der Waals surface area contributed by atoms with E-state index in [9.17, 15) is 8.42 Å². The second-order valence-corrected chi connectivity index (χ2v) is 6.93. The van der Waals surface area contributed by atoms with Crippen molar-refractivity contribution in [3.05, 3.63) is 29.8 Å². The van der Waals surface area contributed by atoms with Crippen LogP contribution < -0.4 is 10.5 Å². The number of benzene rings is 1. The molecule has 1 aromatic rings. The molecule has 0 atom stereocenters. The summed E-state index contributed by atoms with van der Waals surface area (Å²) in [6, 6.07) is 6.43. The molecule has 1 aliphatic rings. The number of hydrogen-bond donors (Lipinski definition) is 3. The monoisotopic (exact) mass is 312 g/mol. The fraction of sp³-hybridized carbons (Fsp3) is 0.462. The Balaban J connectivity index is 2.13. The fourth-order valence-electron chi connectivity index (χ4n) is 2.24. The lowest BCUT2D eigenvalue weighted by Crippen LogP contribution is -2.41. The molecule has 8 heteroatoms. The summed E-state index contributed by atoms with van der Waals surface area (Å²) < 4.78 is 28.6. The number of oxime groups is 1. The van der Waals surface area contributed by atoms with Gasteiger partial charge in [-0.2, -0.15) is 12.7 Å². The Morgan fingerprint density at radius 2 is 2.10 bits per heavy atom. The summed E-state index contributed by atoms with van der Waals surface area (Å²) in [4.78, 5) is 0. The number of anilines is 1. The van der Waals surface area contributed by atoms with Crippen molar-refractivity contribution in [1.82, 2.24) is 4.31 Å². The maximum atomic E-state index is 12.3. The van der Waals surface area contributed by atoms with E-state index in [1.165, 1.54) is 10.4 Å². The van der Waals surface area contributed by atoms with Gasteiger partial charge < -0.3 is 10.9 Å². The maximum absolute atomic E-state index is 12.3. The Bertz CT molecular complexity index is 622. The Morgan fingerprint density at radius 1 is 1.43 bits per heavy atom.